The SMILES string of the molecule is Cc1cc(C)c(NC(=O)C(C)N2CCC(C(=O)O)CC2)c(Cl)c1. The molecule has 1 aliphatic heterocycles. The molecule has 0 bridgehead atoms. The molecule has 1 heterocycles. The van der Waals surface area contributed by atoms with E-state index in [9.17, 15) is 9.59 Å². The first-order valence-corrected chi connectivity index (χ1v) is 8.22. The van der Waals surface area contributed by atoms with Crippen molar-refractivity contribution >= 4 is 29.2 Å². The van der Waals surface area contributed by atoms with Crippen LogP contribution in [0, 0.1) is 19.8 Å². The number of likely N-dealkylation sites (tertiary alicyclic amines) is 1. The standard InChI is InChI=1S/C17H23ClN2O3/c1-10-8-11(2)15(14(18)9-10)19-16(21)12(3)20-6-4-13(5-7-20)17(22)23/h8-9,12-13H,4-7H2,1-3H3,(H,19,21)(H,22,23). The highest BCUT2D eigenvalue weighted by Gasteiger charge is 2.29. The van der Waals surface area contributed by atoms with E-state index in [2.05, 4.69) is 5.32 Å². The van der Waals surface area contributed by atoms with Crippen molar-refractivity contribution in [3.05, 3.63) is 28.3 Å². The fraction of sp³-hybridized carbons (Fsp3) is 0.529. The van der Waals surface area contributed by atoms with Gasteiger partial charge in [0.25, 0.3) is 0 Å². The number of aryl methyl sites for hydroxylation is 2. The Hall–Kier alpha value is -1.59. The van der Waals surface area contributed by atoms with E-state index >= 15 is 0 Å². The van der Waals surface area contributed by atoms with Gasteiger partial charge in [0, 0.05) is 0 Å². The summed E-state index contributed by atoms with van der Waals surface area (Å²) in [4.78, 5) is 25.5. The Morgan fingerprint density at radius 1 is 1.30 bits per heavy atom. The highest BCUT2D eigenvalue weighted by atomic mass is 35.5. The number of hydrogen-bond acceptors (Lipinski definition) is 3. The van der Waals surface area contributed by atoms with Crippen LogP contribution in [0.1, 0.15) is 30.9 Å². The molecule has 1 unspecified atom stereocenters. The number of carbonyl (C=O) groups excluding carboxylic acids is 1. The van der Waals surface area contributed by atoms with E-state index in [1.54, 1.807) is 0 Å². The van der Waals surface area contributed by atoms with Crippen LogP contribution in [0.15, 0.2) is 12.1 Å². The maximum atomic E-state index is 12.5. The van der Waals surface area contributed by atoms with E-state index in [-0.39, 0.29) is 17.9 Å². The van der Waals surface area contributed by atoms with Gasteiger partial charge in [-0.05, 0) is 63.9 Å². The van der Waals surface area contributed by atoms with Crippen LogP contribution in [0.25, 0.3) is 0 Å². The zero-order chi connectivity index (χ0) is 17.1. The molecule has 1 aromatic carbocycles. The largest absolute Gasteiger partial charge is 0.481 e. The molecule has 0 radical (unpaired) electrons. The smallest absolute Gasteiger partial charge is 0.306 e. The number of carboxylic acid groups (broad SMARTS) is 1. The molecule has 1 fully saturated rings. The highest BCUT2D eigenvalue weighted by Crippen LogP contribution is 2.28. The van der Waals surface area contributed by atoms with Crippen molar-refractivity contribution in [2.75, 3.05) is 18.4 Å². The number of carboxylic acids is 1. The topological polar surface area (TPSA) is 69.6 Å². The second-order valence-corrected chi connectivity index (χ2v) is 6.66. The first-order chi connectivity index (χ1) is 10.8. The minimum atomic E-state index is -0.746. The van der Waals surface area contributed by atoms with E-state index in [0.717, 1.165) is 11.1 Å². The summed E-state index contributed by atoms with van der Waals surface area (Å²) in [5.41, 5.74) is 2.63. The summed E-state index contributed by atoms with van der Waals surface area (Å²) >= 11 is 6.23. The number of piperidine rings is 1. The third-order valence-electron chi connectivity index (χ3n) is 4.49. The summed E-state index contributed by atoms with van der Waals surface area (Å²) in [5.74, 6) is -1.16. The summed E-state index contributed by atoms with van der Waals surface area (Å²) in [5, 5.41) is 12.5. The van der Waals surface area contributed by atoms with E-state index in [0.29, 0.717) is 36.6 Å². The van der Waals surface area contributed by atoms with Gasteiger partial charge in [0.05, 0.1) is 22.7 Å². The van der Waals surface area contributed by atoms with Crippen molar-refractivity contribution in [3.8, 4) is 0 Å². The third kappa shape index (κ3) is 4.24. The number of anilines is 1. The predicted molar refractivity (Wildman–Crippen MR) is 91.0 cm³/mol. The lowest BCUT2D eigenvalue weighted by Crippen LogP contribution is -2.47. The number of aliphatic carboxylic acids is 1. The summed E-state index contributed by atoms with van der Waals surface area (Å²) < 4.78 is 0. The second-order valence-electron chi connectivity index (χ2n) is 6.25. The van der Waals surface area contributed by atoms with Gasteiger partial charge in [0.15, 0.2) is 0 Å². The van der Waals surface area contributed by atoms with Crippen molar-refractivity contribution in [2.24, 2.45) is 5.92 Å². The molecule has 2 N–H and O–H groups in total. The summed E-state index contributed by atoms with van der Waals surface area (Å²) in [6.07, 6.45) is 1.16. The van der Waals surface area contributed by atoms with Crippen LogP contribution in [0.2, 0.25) is 5.02 Å². The third-order valence-corrected chi connectivity index (χ3v) is 4.78. The molecule has 0 aromatic heterocycles. The normalized spacial score (nSPS) is 17.7. The fourth-order valence-electron chi connectivity index (χ4n) is 3.00. The Balaban J connectivity index is 2.00. The highest BCUT2D eigenvalue weighted by molar-refractivity contribution is 6.34. The number of hydrogen-bond donors (Lipinski definition) is 2. The Morgan fingerprint density at radius 2 is 1.91 bits per heavy atom. The molecule has 0 aliphatic carbocycles. The van der Waals surface area contributed by atoms with Crippen molar-refractivity contribution in [1.82, 2.24) is 4.90 Å². The summed E-state index contributed by atoms with van der Waals surface area (Å²) in [6.45, 7) is 6.95. The van der Waals surface area contributed by atoms with Gasteiger partial charge in [0.2, 0.25) is 5.91 Å². The number of halogens is 1. The first kappa shape index (κ1) is 17.8. The van der Waals surface area contributed by atoms with Gasteiger partial charge in [-0.3, -0.25) is 14.5 Å². The zero-order valence-corrected chi connectivity index (χ0v) is 14.5. The second kappa shape index (κ2) is 7.32. The summed E-state index contributed by atoms with van der Waals surface area (Å²) in [7, 11) is 0. The maximum Gasteiger partial charge on any atom is 0.306 e. The number of benzene rings is 1. The van der Waals surface area contributed by atoms with Gasteiger partial charge >= 0.3 is 5.97 Å². The van der Waals surface area contributed by atoms with Crippen molar-refractivity contribution in [1.29, 1.82) is 0 Å². The Kier molecular flexibility index (Phi) is 5.65. The number of amides is 1. The van der Waals surface area contributed by atoms with Crippen molar-refractivity contribution in [3.63, 3.8) is 0 Å². The molecule has 126 valence electrons. The van der Waals surface area contributed by atoms with E-state index in [4.69, 9.17) is 16.7 Å². The predicted octanol–water partition coefficient (Wildman–Crippen LogP) is 3.08. The Bertz CT molecular complexity index is 587. The zero-order valence-electron chi connectivity index (χ0n) is 13.7. The molecule has 0 spiro atoms. The fourth-order valence-corrected chi connectivity index (χ4v) is 3.37. The van der Waals surface area contributed by atoms with E-state index < -0.39 is 5.97 Å². The molecular weight excluding hydrogens is 316 g/mol. The van der Waals surface area contributed by atoms with Gasteiger partial charge in [-0.1, -0.05) is 17.7 Å². The molecule has 5 nitrogen and oxygen atoms in total. The minimum Gasteiger partial charge on any atom is -0.481 e. The molecule has 1 saturated heterocycles. The quantitative estimate of drug-likeness (QED) is 0.885. The monoisotopic (exact) mass is 338 g/mol. The van der Waals surface area contributed by atoms with E-state index in [1.165, 1.54) is 0 Å². The number of nitrogens with one attached hydrogen (secondary N) is 1. The van der Waals surface area contributed by atoms with Crippen LogP contribution >= 0.6 is 11.6 Å². The molecule has 1 atom stereocenters. The van der Waals surface area contributed by atoms with Gasteiger partial charge in [-0.2, -0.15) is 0 Å². The van der Waals surface area contributed by atoms with E-state index in [1.807, 2.05) is 37.8 Å². The van der Waals surface area contributed by atoms with Crippen LogP contribution in [0.3, 0.4) is 0 Å². The molecule has 23 heavy (non-hydrogen) atoms. The number of carbonyl (C=O) groups is 2. The molecule has 0 saturated carbocycles. The lowest BCUT2D eigenvalue weighted by atomic mass is 9.96. The molecule has 6 heteroatoms. The van der Waals surface area contributed by atoms with Crippen molar-refractivity contribution < 1.29 is 14.7 Å². The van der Waals surface area contributed by atoms with Crippen LogP contribution in [0.4, 0.5) is 5.69 Å². The molecule has 1 amide bonds. The van der Waals surface area contributed by atoms with Crippen LogP contribution in [-0.4, -0.2) is 41.0 Å². The maximum absolute atomic E-state index is 12.5. The lowest BCUT2D eigenvalue weighted by Gasteiger charge is -2.34. The molecule has 1 aromatic rings. The Morgan fingerprint density at radius 3 is 2.43 bits per heavy atom. The molecule has 2 rings (SSSR count). The average Bonchev–Trinajstić information content (AvgIpc) is 2.50. The van der Waals surface area contributed by atoms with Gasteiger partial charge < -0.3 is 10.4 Å². The molecule has 1 aliphatic rings. The average molecular weight is 339 g/mol. The van der Waals surface area contributed by atoms with Gasteiger partial charge in [-0.25, -0.2) is 0 Å². The Labute approximate surface area is 141 Å². The van der Waals surface area contributed by atoms with Gasteiger partial charge in [0.1, 0.15) is 0 Å². The van der Waals surface area contributed by atoms with Crippen molar-refractivity contribution in [2.45, 2.75) is 39.7 Å². The molecular formula is C17H23ClN2O3. The number of nitrogens with zero attached hydrogens (tertiary/aromatic N) is 1. The van der Waals surface area contributed by atoms with Gasteiger partial charge in [-0.15, -0.1) is 0 Å². The summed E-state index contributed by atoms with van der Waals surface area (Å²) in [6, 6.07) is 3.49. The van der Waals surface area contributed by atoms with Crippen LogP contribution in [0.5, 0.6) is 0 Å². The lowest BCUT2D eigenvalue weighted by molar-refractivity contribution is -0.143. The minimum absolute atomic E-state index is 0.118. The van der Waals surface area contributed by atoms with Crippen LogP contribution < -0.4 is 5.32 Å². The first-order valence-electron chi connectivity index (χ1n) is 7.84. The van der Waals surface area contributed by atoms with Crippen LogP contribution in [-0.2, 0) is 9.59 Å². The number of rotatable bonds is 4.